The van der Waals surface area contributed by atoms with Gasteiger partial charge in [0.1, 0.15) is 17.1 Å². The number of fused-ring (bicyclic) bond motifs is 1. The van der Waals surface area contributed by atoms with Crippen LogP contribution in [0.25, 0.3) is 22.0 Å². The Bertz CT molecular complexity index is 1560. The molecule has 0 bridgehead atoms. The highest BCUT2D eigenvalue weighted by Gasteiger charge is 2.20. The second-order valence-corrected chi connectivity index (χ2v) is 9.58. The van der Waals surface area contributed by atoms with Crippen molar-refractivity contribution in [1.82, 2.24) is 9.55 Å². The maximum atomic E-state index is 14.4. The summed E-state index contributed by atoms with van der Waals surface area (Å²) in [6.07, 6.45) is 3.12. The molecular formula is C23H21F2N3O5S. The van der Waals surface area contributed by atoms with Crippen LogP contribution in [0, 0.1) is 11.6 Å². The Labute approximate surface area is 193 Å². The van der Waals surface area contributed by atoms with Gasteiger partial charge in [-0.2, -0.15) is 0 Å². The fourth-order valence-corrected chi connectivity index (χ4v) is 4.21. The molecule has 3 N–H and O–H groups in total. The van der Waals surface area contributed by atoms with Crippen LogP contribution in [0.15, 0.2) is 53.6 Å². The lowest BCUT2D eigenvalue weighted by atomic mass is 9.99. The van der Waals surface area contributed by atoms with E-state index in [1.165, 1.54) is 23.6 Å². The second-order valence-electron chi connectivity index (χ2n) is 7.57. The lowest BCUT2D eigenvalue weighted by Crippen LogP contribution is -2.17. The van der Waals surface area contributed by atoms with Crippen molar-refractivity contribution in [1.29, 1.82) is 0 Å². The first kappa shape index (κ1) is 23.5. The SMILES string of the molecule is CCS(=O)(=O)Nc1cc(-c2cn(C)c(=O)c3[nH]ccc23)c(Oc2ccc(F)cc2F)cc1CO. The van der Waals surface area contributed by atoms with Crippen molar-refractivity contribution < 1.29 is 27.0 Å². The molecule has 0 spiro atoms. The summed E-state index contributed by atoms with van der Waals surface area (Å²) in [7, 11) is -2.15. The van der Waals surface area contributed by atoms with Gasteiger partial charge in [0, 0.05) is 47.6 Å². The summed E-state index contributed by atoms with van der Waals surface area (Å²) in [5.74, 6) is -2.13. The molecule has 0 saturated carbocycles. The van der Waals surface area contributed by atoms with Gasteiger partial charge in [-0.05, 0) is 37.3 Å². The molecule has 0 unspecified atom stereocenters. The maximum Gasteiger partial charge on any atom is 0.274 e. The molecule has 2 aromatic heterocycles. The zero-order valence-corrected chi connectivity index (χ0v) is 19.0. The van der Waals surface area contributed by atoms with Crippen LogP contribution in [-0.2, 0) is 23.7 Å². The van der Waals surface area contributed by atoms with E-state index in [9.17, 15) is 27.1 Å². The quantitative estimate of drug-likeness (QED) is 0.365. The number of ether oxygens (including phenoxy) is 1. The van der Waals surface area contributed by atoms with Gasteiger partial charge in [-0.1, -0.05) is 0 Å². The van der Waals surface area contributed by atoms with E-state index in [4.69, 9.17) is 4.74 Å². The molecule has 0 radical (unpaired) electrons. The second kappa shape index (κ2) is 8.92. The van der Waals surface area contributed by atoms with Crippen LogP contribution in [0.4, 0.5) is 14.5 Å². The van der Waals surface area contributed by atoms with Crippen molar-refractivity contribution in [2.75, 3.05) is 10.5 Å². The average Bonchev–Trinajstić information content (AvgIpc) is 3.29. The molecule has 0 aliphatic rings. The van der Waals surface area contributed by atoms with Crippen LogP contribution < -0.4 is 15.0 Å². The Hall–Kier alpha value is -3.70. The van der Waals surface area contributed by atoms with Gasteiger partial charge in [-0.25, -0.2) is 17.2 Å². The molecule has 0 atom stereocenters. The summed E-state index contributed by atoms with van der Waals surface area (Å²) >= 11 is 0. The molecule has 11 heteroatoms. The van der Waals surface area contributed by atoms with Crippen molar-refractivity contribution in [3.05, 3.63) is 76.3 Å². The topological polar surface area (TPSA) is 113 Å². The van der Waals surface area contributed by atoms with Crippen molar-refractivity contribution in [3.63, 3.8) is 0 Å². The zero-order valence-electron chi connectivity index (χ0n) is 18.2. The van der Waals surface area contributed by atoms with Crippen LogP contribution in [0.1, 0.15) is 12.5 Å². The van der Waals surface area contributed by atoms with Gasteiger partial charge in [0.25, 0.3) is 5.56 Å². The van der Waals surface area contributed by atoms with Gasteiger partial charge in [0.15, 0.2) is 11.6 Å². The highest BCUT2D eigenvalue weighted by molar-refractivity contribution is 7.92. The summed E-state index contributed by atoms with van der Waals surface area (Å²) < 4.78 is 61.8. The Morgan fingerprint density at radius 3 is 2.56 bits per heavy atom. The monoisotopic (exact) mass is 489 g/mol. The average molecular weight is 490 g/mol. The number of aliphatic hydroxyl groups is 1. The lowest BCUT2D eigenvalue weighted by Gasteiger charge is -2.18. The number of aromatic nitrogens is 2. The molecule has 0 fully saturated rings. The summed E-state index contributed by atoms with van der Waals surface area (Å²) in [6.45, 7) is 0.921. The van der Waals surface area contributed by atoms with Crippen LogP contribution >= 0.6 is 0 Å². The first-order valence-electron chi connectivity index (χ1n) is 10.2. The molecule has 4 rings (SSSR count). The van der Waals surface area contributed by atoms with Gasteiger partial charge in [0.2, 0.25) is 10.0 Å². The first-order chi connectivity index (χ1) is 16.1. The van der Waals surface area contributed by atoms with Crippen molar-refractivity contribution in [3.8, 4) is 22.6 Å². The van der Waals surface area contributed by atoms with E-state index in [0.717, 1.165) is 12.1 Å². The third kappa shape index (κ3) is 4.39. The highest BCUT2D eigenvalue weighted by Crippen LogP contribution is 2.40. The molecular weight excluding hydrogens is 468 g/mol. The van der Waals surface area contributed by atoms with E-state index in [1.54, 1.807) is 25.5 Å². The number of nitrogens with zero attached hydrogens (tertiary/aromatic N) is 1. The van der Waals surface area contributed by atoms with Crippen LogP contribution in [0.5, 0.6) is 11.5 Å². The predicted octanol–water partition coefficient (Wildman–Crippen LogP) is 3.86. The molecule has 34 heavy (non-hydrogen) atoms. The minimum Gasteiger partial charge on any atom is -0.454 e. The molecule has 0 aliphatic carbocycles. The largest absolute Gasteiger partial charge is 0.454 e. The number of pyridine rings is 1. The summed E-state index contributed by atoms with van der Waals surface area (Å²) in [5, 5.41) is 10.4. The van der Waals surface area contributed by atoms with Crippen molar-refractivity contribution >= 4 is 26.6 Å². The normalized spacial score (nSPS) is 11.7. The van der Waals surface area contributed by atoms with E-state index in [1.807, 2.05) is 0 Å². The number of hydrogen-bond donors (Lipinski definition) is 3. The summed E-state index contributed by atoms with van der Waals surface area (Å²) in [4.78, 5) is 15.4. The van der Waals surface area contributed by atoms with E-state index < -0.39 is 28.3 Å². The number of aliphatic hydroxyl groups excluding tert-OH is 1. The number of halogens is 2. The number of sulfonamides is 1. The lowest BCUT2D eigenvalue weighted by molar-refractivity contribution is 0.282. The Kier molecular flexibility index (Phi) is 6.15. The molecule has 0 amide bonds. The standard InChI is InChI=1S/C23H21F2N3O5S/c1-3-34(31,32)27-19-10-16(17-11-28(2)23(30)22-15(17)6-7-26-22)21(8-13(19)12-29)33-20-5-4-14(24)9-18(20)25/h4-11,26-27,29H,3,12H2,1-2H3. The van der Waals surface area contributed by atoms with Gasteiger partial charge in [-0.15, -0.1) is 0 Å². The Morgan fingerprint density at radius 2 is 1.88 bits per heavy atom. The minimum absolute atomic E-state index is 0.0650. The van der Waals surface area contributed by atoms with Gasteiger partial charge < -0.3 is 19.4 Å². The Balaban J connectivity index is 2.00. The third-order valence-electron chi connectivity index (χ3n) is 5.32. The maximum absolute atomic E-state index is 14.4. The number of aryl methyl sites for hydroxylation is 1. The molecule has 2 heterocycles. The molecule has 8 nitrogen and oxygen atoms in total. The fraction of sp³-hybridized carbons (Fsp3) is 0.174. The molecule has 0 saturated heterocycles. The number of nitrogens with one attached hydrogen (secondary N) is 2. The highest BCUT2D eigenvalue weighted by atomic mass is 32.2. The minimum atomic E-state index is -3.70. The third-order valence-corrected chi connectivity index (χ3v) is 6.61. The van der Waals surface area contributed by atoms with E-state index in [-0.39, 0.29) is 34.1 Å². The van der Waals surface area contributed by atoms with Crippen molar-refractivity contribution in [2.45, 2.75) is 13.5 Å². The Morgan fingerprint density at radius 1 is 1.12 bits per heavy atom. The molecule has 178 valence electrons. The number of aromatic amines is 1. The van der Waals surface area contributed by atoms with Gasteiger partial charge >= 0.3 is 0 Å². The van der Waals surface area contributed by atoms with Crippen LogP contribution in [0.2, 0.25) is 0 Å². The number of benzene rings is 2. The smallest absolute Gasteiger partial charge is 0.274 e. The first-order valence-corrected chi connectivity index (χ1v) is 11.9. The van der Waals surface area contributed by atoms with Gasteiger partial charge in [-0.3, -0.25) is 9.52 Å². The molecule has 0 aliphatic heterocycles. The fourth-order valence-electron chi connectivity index (χ4n) is 3.54. The van der Waals surface area contributed by atoms with E-state index in [2.05, 4.69) is 9.71 Å². The molecule has 4 aromatic rings. The van der Waals surface area contributed by atoms with Crippen LogP contribution in [-0.4, -0.2) is 28.8 Å². The van der Waals surface area contributed by atoms with E-state index in [0.29, 0.717) is 28.1 Å². The summed E-state index contributed by atoms with van der Waals surface area (Å²) in [6, 6.07) is 7.31. The summed E-state index contributed by atoms with van der Waals surface area (Å²) in [5.41, 5.74) is 1.10. The van der Waals surface area contributed by atoms with Crippen LogP contribution in [0.3, 0.4) is 0 Å². The number of anilines is 1. The number of rotatable bonds is 7. The molecule has 2 aromatic carbocycles. The van der Waals surface area contributed by atoms with Crippen molar-refractivity contribution in [2.24, 2.45) is 7.05 Å². The number of hydrogen-bond acceptors (Lipinski definition) is 5. The number of H-pyrrole nitrogens is 1. The zero-order chi connectivity index (χ0) is 24.6. The van der Waals surface area contributed by atoms with Gasteiger partial charge in [0.05, 0.1) is 18.0 Å². The predicted molar refractivity (Wildman–Crippen MR) is 124 cm³/mol. The van der Waals surface area contributed by atoms with E-state index >= 15 is 0 Å².